The van der Waals surface area contributed by atoms with Gasteiger partial charge in [-0.2, -0.15) is 0 Å². The number of rotatable bonds is 3. The van der Waals surface area contributed by atoms with Gasteiger partial charge in [0.25, 0.3) is 0 Å². The monoisotopic (exact) mass is 278 g/mol. The summed E-state index contributed by atoms with van der Waals surface area (Å²) >= 11 is 12.6. The van der Waals surface area contributed by atoms with Gasteiger partial charge in [-0.1, -0.05) is 73.4 Å². The molecule has 18 heavy (non-hydrogen) atoms. The van der Waals surface area contributed by atoms with E-state index < -0.39 is 0 Å². The van der Waals surface area contributed by atoms with Gasteiger partial charge in [-0.3, -0.25) is 0 Å². The molecule has 0 amide bonds. The molecule has 0 aliphatic carbocycles. The van der Waals surface area contributed by atoms with Crippen molar-refractivity contribution in [1.82, 2.24) is 0 Å². The summed E-state index contributed by atoms with van der Waals surface area (Å²) in [6.45, 7) is 4.31. The third-order valence-electron chi connectivity index (χ3n) is 3.07. The van der Waals surface area contributed by atoms with E-state index in [1.165, 1.54) is 5.56 Å². The molecule has 2 aromatic rings. The van der Waals surface area contributed by atoms with Gasteiger partial charge in [0.05, 0.1) is 0 Å². The predicted molar refractivity (Wildman–Crippen MR) is 79.8 cm³/mol. The molecule has 0 aromatic heterocycles. The molecule has 0 aliphatic heterocycles. The Morgan fingerprint density at radius 1 is 0.889 bits per heavy atom. The molecule has 0 aliphatic rings. The molecule has 0 saturated heterocycles. The molecule has 0 atom stereocenters. The second-order valence-corrected chi connectivity index (χ2v) is 5.53. The minimum atomic E-state index is 0.434. The summed E-state index contributed by atoms with van der Waals surface area (Å²) in [7, 11) is 0. The maximum Gasteiger partial charge on any atom is 0.0475 e. The molecule has 0 saturated carbocycles. The highest BCUT2D eigenvalue weighted by atomic mass is 35.5. The van der Waals surface area contributed by atoms with E-state index in [1.54, 1.807) is 0 Å². The van der Waals surface area contributed by atoms with Gasteiger partial charge in [0.1, 0.15) is 0 Å². The zero-order chi connectivity index (χ0) is 13.1. The number of halogens is 2. The van der Waals surface area contributed by atoms with E-state index in [0.717, 1.165) is 27.6 Å². The van der Waals surface area contributed by atoms with Gasteiger partial charge in [0.15, 0.2) is 0 Å². The fourth-order valence-corrected chi connectivity index (χ4v) is 2.64. The summed E-state index contributed by atoms with van der Waals surface area (Å²) in [5.74, 6) is 0.434. The highest BCUT2D eigenvalue weighted by Gasteiger charge is 2.10. The van der Waals surface area contributed by atoms with Crippen LogP contribution in [0.5, 0.6) is 0 Å². The predicted octanol–water partition coefficient (Wildman–Crippen LogP) is 5.71. The van der Waals surface area contributed by atoms with Crippen molar-refractivity contribution in [3.05, 3.63) is 69.2 Å². The third kappa shape index (κ3) is 2.88. The van der Waals surface area contributed by atoms with Crippen LogP contribution in [0.4, 0.5) is 0 Å². The standard InChI is InChI=1S/C16H16Cl2/c1-11(2)14-8-5-7-13(16(14)18)10-12-6-3-4-9-15(12)17/h3-9,11H,10H2,1-2H3. The molecular weight excluding hydrogens is 263 g/mol. The smallest absolute Gasteiger partial charge is 0.0475 e. The summed E-state index contributed by atoms with van der Waals surface area (Å²) in [6.07, 6.45) is 0.777. The molecule has 0 heterocycles. The van der Waals surface area contributed by atoms with Gasteiger partial charge < -0.3 is 0 Å². The molecule has 0 spiro atoms. The van der Waals surface area contributed by atoms with Crippen molar-refractivity contribution in [3.8, 4) is 0 Å². The first kappa shape index (κ1) is 13.5. The van der Waals surface area contributed by atoms with Gasteiger partial charge in [-0.15, -0.1) is 0 Å². The number of hydrogen-bond donors (Lipinski definition) is 0. The van der Waals surface area contributed by atoms with Crippen LogP contribution in [0, 0.1) is 0 Å². The Bertz CT molecular complexity index is 545. The first-order valence-corrected chi connectivity index (χ1v) is 6.86. The zero-order valence-electron chi connectivity index (χ0n) is 10.6. The molecular formula is C16H16Cl2. The van der Waals surface area contributed by atoms with Crippen molar-refractivity contribution in [3.63, 3.8) is 0 Å². The Hall–Kier alpha value is -0.980. The van der Waals surface area contributed by atoms with Crippen molar-refractivity contribution in [1.29, 1.82) is 0 Å². The lowest BCUT2D eigenvalue weighted by atomic mass is 9.97. The van der Waals surface area contributed by atoms with Gasteiger partial charge in [0.2, 0.25) is 0 Å². The van der Waals surface area contributed by atoms with E-state index >= 15 is 0 Å². The maximum atomic E-state index is 6.46. The Morgan fingerprint density at radius 3 is 2.22 bits per heavy atom. The van der Waals surface area contributed by atoms with Crippen molar-refractivity contribution in [2.24, 2.45) is 0 Å². The molecule has 2 aromatic carbocycles. The Kier molecular flexibility index (Phi) is 4.31. The van der Waals surface area contributed by atoms with Crippen molar-refractivity contribution < 1.29 is 0 Å². The van der Waals surface area contributed by atoms with E-state index in [2.05, 4.69) is 32.0 Å². The quantitative estimate of drug-likeness (QED) is 0.675. The highest BCUT2D eigenvalue weighted by molar-refractivity contribution is 6.32. The van der Waals surface area contributed by atoms with Crippen molar-refractivity contribution in [2.45, 2.75) is 26.2 Å². The van der Waals surface area contributed by atoms with Crippen molar-refractivity contribution >= 4 is 23.2 Å². The van der Waals surface area contributed by atoms with E-state index in [4.69, 9.17) is 23.2 Å². The van der Waals surface area contributed by atoms with Crippen LogP contribution in [0.1, 0.15) is 36.5 Å². The topological polar surface area (TPSA) is 0 Å². The number of benzene rings is 2. The second kappa shape index (κ2) is 5.77. The molecule has 0 unspecified atom stereocenters. The van der Waals surface area contributed by atoms with Crippen molar-refractivity contribution in [2.75, 3.05) is 0 Å². The fraction of sp³-hybridized carbons (Fsp3) is 0.250. The third-order valence-corrected chi connectivity index (χ3v) is 3.90. The van der Waals surface area contributed by atoms with E-state index in [0.29, 0.717) is 5.92 Å². The number of hydrogen-bond acceptors (Lipinski definition) is 0. The molecule has 94 valence electrons. The summed E-state index contributed by atoms with van der Waals surface area (Å²) in [5, 5.41) is 1.66. The normalized spacial score (nSPS) is 10.9. The van der Waals surface area contributed by atoms with Gasteiger partial charge in [-0.05, 0) is 28.7 Å². The van der Waals surface area contributed by atoms with E-state index in [-0.39, 0.29) is 0 Å². The van der Waals surface area contributed by atoms with Crippen LogP contribution in [0.2, 0.25) is 10.0 Å². The molecule has 0 radical (unpaired) electrons. The first-order valence-electron chi connectivity index (χ1n) is 6.10. The molecule has 0 nitrogen and oxygen atoms in total. The summed E-state index contributed by atoms with van der Waals surface area (Å²) in [5.41, 5.74) is 3.44. The van der Waals surface area contributed by atoms with Gasteiger partial charge >= 0.3 is 0 Å². The first-order chi connectivity index (χ1) is 8.59. The van der Waals surface area contributed by atoms with Crippen LogP contribution in [0.15, 0.2) is 42.5 Å². The zero-order valence-corrected chi connectivity index (χ0v) is 12.1. The Balaban J connectivity index is 2.36. The lowest BCUT2D eigenvalue weighted by molar-refractivity contribution is 0.863. The van der Waals surface area contributed by atoms with Crippen LogP contribution in [-0.2, 0) is 6.42 Å². The molecule has 2 heteroatoms. The summed E-state index contributed by atoms with van der Waals surface area (Å²) in [6, 6.07) is 14.1. The van der Waals surface area contributed by atoms with Crippen LogP contribution in [-0.4, -0.2) is 0 Å². The van der Waals surface area contributed by atoms with E-state index in [1.807, 2.05) is 24.3 Å². The minimum Gasteiger partial charge on any atom is -0.0840 e. The van der Waals surface area contributed by atoms with Crippen LogP contribution in [0.25, 0.3) is 0 Å². The second-order valence-electron chi connectivity index (χ2n) is 4.74. The van der Waals surface area contributed by atoms with Crippen LogP contribution < -0.4 is 0 Å². The molecule has 0 fully saturated rings. The minimum absolute atomic E-state index is 0.434. The Morgan fingerprint density at radius 2 is 1.56 bits per heavy atom. The van der Waals surface area contributed by atoms with Crippen LogP contribution in [0.3, 0.4) is 0 Å². The van der Waals surface area contributed by atoms with Gasteiger partial charge in [-0.25, -0.2) is 0 Å². The largest absolute Gasteiger partial charge is 0.0840 e. The lowest BCUT2D eigenvalue weighted by Crippen LogP contribution is -1.95. The average molecular weight is 279 g/mol. The van der Waals surface area contributed by atoms with Gasteiger partial charge in [0, 0.05) is 16.5 Å². The van der Waals surface area contributed by atoms with E-state index in [9.17, 15) is 0 Å². The maximum absolute atomic E-state index is 6.46. The SMILES string of the molecule is CC(C)c1cccc(Cc2ccccc2Cl)c1Cl. The molecule has 0 N–H and O–H groups in total. The summed E-state index contributed by atoms with van der Waals surface area (Å²) in [4.78, 5) is 0. The summed E-state index contributed by atoms with van der Waals surface area (Å²) < 4.78 is 0. The molecule has 0 bridgehead atoms. The Labute approximate surface area is 119 Å². The average Bonchev–Trinajstić information content (AvgIpc) is 2.34. The molecule has 2 rings (SSSR count). The lowest BCUT2D eigenvalue weighted by Gasteiger charge is -2.13. The van der Waals surface area contributed by atoms with Crippen LogP contribution >= 0.6 is 23.2 Å². The highest BCUT2D eigenvalue weighted by Crippen LogP contribution is 2.30. The fourth-order valence-electron chi connectivity index (χ4n) is 2.03.